The highest BCUT2D eigenvalue weighted by atomic mass is 16.2. The van der Waals surface area contributed by atoms with Gasteiger partial charge in [-0.1, -0.05) is 24.3 Å². The minimum atomic E-state index is -0.335. The van der Waals surface area contributed by atoms with Gasteiger partial charge in [0.05, 0.1) is 12.1 Å². The van der Waals surface area contributed by atoms with Crippen molar-refractivity contribution in [3.63, 3.8) is 0 Å². The van der Waals surface area contributed by atoms with Crippen LogP contribution >= 0.6 is 0 Å². The van der Waals surface area contributed by atoms with Crippen molar-refractivity contribution >= 4 is 23.1 Å². The van der Waals surface area contributed by atoms with E-state index in [0.717, 1.165) is 10.9 Å². The van der Waals surface area contributed by atoms with Crippen molar-refractivity contribution in [3.8, 4) is 0 Å². The van der Waals surface area contributed by atoms with Crippen LogP contribution in [0.3, 0.4) is 0 Å². The summed E-state index contributed by atoms with van der Waals surface area (Å²) in [6.07, 6.45) is 0.638. The molecule has 0 saturated carbocycles. The summed E-state index contributed by atoms with van der Waals surface area (Å²) >= 11 is 0. The van der Waals surface area contributed by atoms with Crippen LogP contribution in [0.2, 0.25) is 0 Å². The fourth-order valence-electron chi connectivity index (χ4n) is 1.42. The lowest BCUT2D eigenvalue weighted by Gasteiger charge is -2.02. The lowest BCUT2D eigenvalue weighted by atomic mass is 10.2. The third-order valence-electron chi connectivity index (χ3n) is 2.18. The molecule has 1 aromatic carbocycles. The molecule has 1 N–H and O–H groups in total. The van der Waals surface area contributed by atoms with Crippen LogP contribution in [0.4, 0.5) is 0 Å². The van der Waals surface area contributed by atoms with Gasteiger partial charge in [0.1, 0.15) is 12.0 Å². The number of fused-ring (bicyclic) bond motifs is 1. The van der Waals surface area contributed by atoms with E-state index in [1.165, 1.54) is 0 Å². The van der Waals surface area contributed by atoms with Crippen LogP contribution < -0.4 is 5.32 Å². The van der Waals surface area contributed by atoms with Crippen LogP contribution in [0.15, 0.2) is 36.4 Å². The highest BCUT2D eigenvalue weighted by molar-refractivity contribution is 5.95. The number of hydrogen-bond donors (Lipinski definition) is 1. The molecule has 4 nitrogen and oxygen atoms in total. The monoisotopic (exact) mass is 214 g/mol. The maximum Gasteiger partial charge on any atom is 0.270 e. The number of aldehydes is 1. The molecule has 0 aliphatic rings. The van der Waals surface area contributed by atoms with E-state index in [0.29, 0.717) is 12.0 Å². The quantitative estimate of drug-likeness (QED) is 0.780. The zero-order valence-corrected chi connectivity index (χ0v) is 8.51. The van der Waals surface area contributed by atoms with Crippen LogP contribution in [-0.4, -0.2) is 23.7 Å². The van der Waals surface area contributed by atoms with Crippen LogP contribution in [0.5, 0.6) is 0 Å². The van der Waals surface area contributed by atoms with Crippen molar-refractivity contribution in [1.29, 1.82) is 0 Å². The maximum atomic E-state index is 11.5. The average molecular weight is 214 g/mol. The van der Waals surface area contributed by atoms with Crippen LogP contribution in [-0.2, 0) is 4.79 Å². The van der Waals surface area contributed by atoms with E-state index in [4.69, 9.17) is 0 Å². The first kappa shape index (κ1) is 10.3. The predicted octanol–water partition coefficient (Wildman–Crippen LogP) is 1.16. The minimum Gasteiger partial charge on any atom is -0.344 e. The SMILES string of the molecule is O=CCNC(=O)c1ccc2ccccc2n1. The Morgan fingerprint density at radius 3 is 2.88 bits per heavy atom. The number of para-hydroxylation sites is 1. The van der Waals surface area contributed by atoms with Gasteiger partial charge in [-0.05, 0) is 12.1 Å². The Morgan fingerprint density at radius 1 is 1.25 bits per heavy atom. The van der Waals surface area contributed by atoms with Crippen molar-refractivity contribution in [2.24, 2.45) is 0 Å². The second-order valence-electron chi connectivity index (χ2n) is 3.27. The molecule has 0 radical (unpaired) electrons. The summed E-state index contributed by atoms with van der Waals surface area (Å²) in [4.78, 5) is 25.8. The van der Waals surface area contributed by atoms with E-state index in [9.17, 15) is 9.59 Å². The third kappa shape index (κ3) is 2.06. The molecule has 1 aromatic heterocycles. The average Bonchev–Trinajstić information content (AvgIpc) is 2.35. The molecular weight excluding hydrogens is 204 g/mol. The van der Waals surface area contributed by atoms with Gasteiger partial charge in [-0.25, -0.2) is 4.98 Å². The summed E-state index contributed by atoms with van der Waals surface area (Å²) in [5.41, 5.74) is 1.09. The maximum absolute atomic E-state index is 11.5. The highest BCUT2D eigenvalue weighted by Gasteiger charge is 2.06. The van der Waals surface area contributed by atoms with Gasteiger partial charge in [0.2, 0.25) is 0 Å². The second-order valence-corrected chi connectivity index (χ2v) is 3.27. The molecule has 16 heavy (non-hydrogen) atoms. The number of benzene rings is 1. The van der Waals surface area contributed by atoms with Gasteiger partial charge in [0.15, 0.2) is 0 Å². The first-order valence-corrected chi connectivity index (χ1v) is 4.89. The van der Waals surface area contributed by atoms with Gasteiger partial charge in [-0.3, -0.25) is 4.79 Å². The van der Waals surface area contributed by atoms with Crippen molar-refractivity contribution in [3.05, 3.63) is 42.1 Å². The summed E-state index contributed by atoms with van der Waals surface area (Å²) in [7, 11) is 0. The van der Waals surface area contributed by atoms with E-state index in [1.54, 1.807) is 6.07 Å². The van der Waals surface area contributed by atoms with Gasteiger partial charge in [-0.2, -0.15) is 0 Å². The first-order valence-electron chi connectivity index (χ1n) is 4.89. The van der Waals surface area contributed by atoms with Gasteiger partial charge < -0.3 is 10.1 Å². The topological polar surface area (TPSA) is 59.1 Å². The number of carbonyl (C=O) groups is 2. The molecule has 0 atom stereocenters. The Kier molecular flexibility index (Phi) is 2.91. The number of nitrogens with zero attached hydrogens (tertiary/aromatic N) is 1. The molecule has 0 unspecified atom stereocenters. The normalized spacial score (nSPS) is 10.0. The molecule has 2 aromatic rings. The van der Waals surface area contributed by atoms with Crippen molar-refractivity contribution in [2.75, 3.05) is 6.54 Å². The smallest absolute Gasteiger partial charge is 0.270 e. The standard InChI is InChI=1S/C12H10N2O2/c15-8-7-13-12(16)11-6-5-9-3-1-2-4-10(9)14-11/h1-6,8H,7H2,(H,13,16). The molecule has 80 valence electrons. The first-order chi connectivity index (χ1) is 7.81. The van der Waals surface area contributed by atoms with Gasteiger partial charge >= 0.3 is 0 Å². The number of aromatic nitrogens is 1. The Bertz CT molecular complexity index is 537. The van der Waals surface area contributed by atoms with Gasteiger partial charge in [-0.15, -0.1) is 0 Å². The number of pyridine rings is 1. The summed E-state index contributed by atoms with van der Waals surface area (Å²) < 4.78 is 0. The summed E-state index contributed by atoms with van der Waals surface area (Å²) in [6.45, 7) is 0.00728. The van der Waals surface area contributed by atoms with Crippen LogP contribution in [0, 0.1) is 0 Å². The molecule has 0 aliphatic carbocycles. The van der Waals surface area contributed by atoms with Crippen molar-refractivity contribution < 1.29 is 9.59 Å². The Balaban J connectivity index is 2.32. The summed E-state index contributed by atoms with van der Waals surface area (Å²) in [5, 5.41) is 3.42. The van der Waals surface area contributed by atoms with E-state index >= 15 is 0 Å². The molecule has 0 aliphatic heterocycles. The van der Waals surface area contributed by atoms with E-state index in [-0.39, 0.29) is 12.5 Å². The van der Waals surface area contributed by atoms with E-state index in [2.05, 4.69) is 10.3 Å². The second kappa shape index (κ2) is 4.53. The van der Waals surface area contributed by atoms with Crippen molar-refractivity contribution in [1.82, 2.24) is 10.3 Å². The number of carbonyl (C=O) groups excluding carboxylic acids is 2. The molecule has 4 heteroatoms. The Labute approximate surface area is 92.3 Å². The molecule has 0 spiro atoms. The largest absolute Gasteiger partial charge is 0.344 e. The minimum absolute atomic E-state index is 0.00728. The number of hydrogen-bond acceptors (Lipinski definition) is 3. The summed E-state index contributed by atoms with van der Waals surface area (Å²) in [6, 6.07) is 11.0. The molecule has 1 heterocycles. The number of nitrogens with one attached hydrogen (secondary N) is 1. The van der Waals surface area contributed by atoms with Crippen molar-refractivity contribution in [2.45, 2.75) is 0 Å². The zero-order chi connectivity index (χ0) is 11.4. The Morgan fingerprint density at radius 2 is 2.06 bits per heavy atom. The third-order valence-corrected chi connectivity index (χ3v) is 2.18. The molecule has 0 fully saturated rings. The Hall–Kier alpha value is -2.23. The highest BCUT2D eigenvalue weighted by Crippen LogP contribution is 2.11. The lowest BCUT2D eigenvalue weighted by Crippen LogP contribution is -2.25. The number of amides is 1. The van der Waals surface area contributed by atoms with Gasteiger partial charge in [0.25, 0.3) is 5.91 Å². The van der Waals surface area contributed by atoms with Crippen LogP contribution in [0.25, 0.3) is 10.9 Å². The number of rotatable bonds is 3. The fraction of sp³-hybridized carbons (Fsp3) is 0.0833. The molecular formula is C12H10N2O2. The molecule has 1 amide bonds. The summed E-state index contributed by atoms with van der Waals surface area (Å²) in [5.74, 6) is -0.335. The fourth-order valence-corrected chi connectivity index (χ4v) is 1.42. The zero-order valence-electron chi connectivity index (χ0n) is 8.51. The van der Waals surface area contributed by atoms with E-state index < -0.39 is 0 Å². The molecule has 0 saturated heterocycles. The molecule has 2 rings (SSSR count). The molecule has 0 bridgehead atoms. The van der Waals surface area contributed by atoms with E-state index in [1.807, 2.05) is 30.3 Å². The lowest BCUT2D eigenvalue weighted by molar-refractivity contribution is -0.107. The van der Waals surface area contributed by atoms with Crippen LogP contribution in [0.1, 0.15) is 10.5 Å². The van der Waals surface area contributed by atoms with Gasteiger partial charge in [0, 0.05) is 5.39 Å². The predicted molar refractivity (Wildman–Crippen MR) is 60.1 cm³/mol.